The standard InChI is InChI=1S/C22H23Cl2N3O2/c23-15-5-7-16(8-6-15)26-9-11-27(12-10-26)21(28)14-25-22(29)19-13-18(19)17-3-1-2-4-20(17)24/h1-8,18-19H,9-14H2,(H,25,29). The van der Waals surface area contributed by atoms with E-state index in [1.807, 2.05) is 53.4 Å². The van der Waals surface area contributed by atoms with E-state index in [9.17, 15) is 9.59 Å². The highest BCUT2D eigenvalue weighted by Gasteiger charge is 2.44. The Hall–Kier alpha value is -2.24. The Balaban J connectivity index is 1.22. The van der Waals surface area contributed by atoms with Gasteiger partial charge < -0.3 is 15.1 Å². The van der Waals surface area contributed by atoms with Crippen LogP contribution in [0.2, 0.25) is 10.0 Å². The molecule has 5 nitrogen and oxygen atoms in total. The molecule has 152 valence electrons. The van der Waals surface area contributed by atoms with Gasteiger partial charge in [0.1, 0.15) is 0 Å². The lowest BCUT2D eigenvalue weighted by Gasteiger charge is -2.36. The molecule has 2 aliphatic rings. The highest BCUT2D eigenvalue weighted by atomic mass is 35.5. The summed E-state index contributed by atoms with van der Waals surface area (Å²) in [7, 11) is 0. The molecule has 2 amide bonds. The normalized spacial score (nSPS) is 21.0. The van der Waals surface area contributed by atoms with Gasteiger partial charge in [-0.05, 0) is 48.2 Å². The van der Waals surface area contributed by atoms with Gasteiger partial charge in [-0.2, -0.15) is 0 Å². The van der Waals surface area contributed by atoms with Crippen molar-refractivity contribution < 1.29 is 9.59 Å². The molecule has 0 spiro atoms. The third-order valence-electron chi connectivity index (χ3n) is 5.67. The number of carbonyl (C=O) groups is 2. The first-order valence-corrected chi connectivity index (χ1v) is 10.6. The molecule has 1 saturated heterocycles. The van der Waals surface area contributed by atoms with Crippen molar-refractivity contribution in [3.63, 3.8) is 0 Å². The summed E-state index contributed by atoms with van der Waals surface area (Å²) in [5.74, 6) is -0.0432. The molecule has 1 aliphatic heterocycles. The monoisotopic (exact) mass is 431 g/mol. The zero-order valence-electron chi connectivity index (χ0n) is 16.0. The van der Waals surface area contributed by atoms with Gasteiger partial charge in [0, 0.05) is 47.8 Å². The summed E-state index contributed by atoms with van der Waals surface area (Å²) in [5, 5.41) is 4.22. The number of hydrogen-bond donors (Lipinski definition) is 1. The predicted molar refractivity (Wildman–Crippen MR) is 116 cm³/mol. The third kappa shape index (κ3) is 4.68. The minimum absolute atomic E-state index is 0.0379. The van der Waals surface area contributed by atoms with Crippen molar-refractivity contribution >= 4 is 40.7 Å². The maximum atomic E-state index is 12.5. The Morgan fingerprint density at radius 3 is 2.34 bits per heavy atom. The van der Waals surface area contributed by atoms with Crippen LogP contribution in [0, 0.1) is 5.92 Å². The van der Waals surface area contributed by atoms with Crippen LogP contribution in [0.25, 0.3) is 0 Å². The van der Waals surface area contributed by atoms with E-state index in [0.717, 1.165) is 30.8 Å². The summed E-state index contributed by atoms with van der Waals surface area (Å²) >= 11 is 12.2. The molecule has 1 saturated carbocycles. The summed E-state index contributed by atoms with van der Waals surface area (Å²) < 4.78 is 0. The van der Waals surface area contributed by atoms with E-state index in [-0.39, 0.29) is 30.2 Å². The van der Waals surface area contributed by atoms with Crippen LogP contribution in [0.15, 0.2) is 48.5 Å². The predicted octanol–water partition coefficient (Wildman–Crippen LogP) is 3.56. The highest BCUT2D eigenvalue weighted by molar-refractivity contribution is 6.31. The van der Waals surface area contributed by atoms with Crippen molar-refractivity contribution in [2.24, 2.45) is 5.92 Å². The molecule has 2 aromatic carbocycles. The van der Waals surface area contributed by atoms with Crippen LogP contribution in [-0.4, -0.2) is 49.4 Å². The SMILES string of the molecule is O=C(NCC(=O)N1CCN(c2ccc(Cl)cc2)CC1)C1CC1c1ccccc1Cl. The fraction of sp³-hybridized carbons (Fsp3) is 0.364. The molecule has 0 aromatic heterocycles. The van der Waals surface area contributed by atoms with Gasteiger partial charge in [0.2, 0.25) is 11.8 Å². The molecule has 1 aliphatic carbocycles. The number of halogens is 2. The summed E-state index contributed by atoms with van der Waals surface area (Å²) in [4.78, 5) is 28.9. The highest BCUT2D eigenvalue weighted by Crippen LogP contribution is 2.49. The van der Waals surface area contributed by atoms with Gasteiger partial charge in [-0.25, -0.2) is 0 Å². The minimum Gasteiger partial charge on any atom is -0.368 e. The molecule has 2 aromatic rings. The van der Waals surface area contributed by atoms with Gasteiger partial charge in [-0.3, -0.25) is 9.59 Å². The summed E-state index contributed by atoms with van der Waals surface area (Å²) in [6, 6.07) is 15.4. The number of hydrogen-bond acceptors (Lipinski definition) is 3. The van der Waals surface area contributed by atoms with Gasteiger partial charge >= 0.3 is 0 Å². The van der Waals surface area contributed by atoms with E-state index in [1.54, 1.807) is 0 Å². The number of piperazine rings is 1. The average molecular weight is 432 g/mol. The molecule has 29 heavy (non-hydrogen) atoms. The molecule has 1 N–H and O–H groups in total. The van der Waals surface area contributed by atoms with E-state index in [1.165, 1.54) is 0 Å². The Morgan fingerprint density at radius 2 is 1.66 bits per heavy atom. The lowest BCUT2D eigenvalue weighted by molar-refractivity contribution is -0.133. The maximum Gasteiger partial charge on any atom is 0.242 e. The third-order valence-corrected chi connectivity index (χ3v) is 6.27. The van der Waals surface area contributed by atoms with E-state index in [4.69, 9.17) is 23.2 Å². The smallest absolute Gasteiger partial charge is 0.242 e. The van der Waals surface area contributed by atoms with Crippen molar-refractivity contribution in [1.82, 2.24) is 10.2 Å². The first kappa shape index (κ1) is 20.0. The number of amides is 2. The van der Waals surface area contributed by atoms with Gasteiger partial charge in [0.05, 0.1) is 6.54 Å². The quantitative estimate of drug-likeness (QED) is 0.786. The minimum atomic E-state index is -0.0931. The van der Waals surface area contributed by atoms with E-state index in [2.05, 4.69) is 10.2 Å². The second kappa shape index (κ2) is 8.64. The van der Waals surface area contributed by atoms with Crippen molar-refractivity contribution in [1.29, 1.82) is 0 Å². The van der Waals surface area contributed by atoms with E-state index >= 15 is 0 Å². The van der Waals surface area contributed by atoms with Crippen LogP contribution in [0.3, 0.4) is 0 Å². The van der Waals surface area contributed by atoms with Crippen LogP contribution in [-0.2, 0) is 9.59 Å². The summed E-state index contributed by atoms with van der Waals surface area (Å²) in [5.41, 5.74) is 2.12. The van der Waals surface area contributed by atoms with Gasteiger partial charge in [0.15, 0.2) is 0 Å². The lowest BCUT2D eigenvalue weighted by atomic mass is 10.1. The topological polar surface area (TPSA) is 52.7 Å². The Kier molecular flexibility index (Phi) is 5.97. The van der Waals surface area contributed by atoms with Crippen LogP contribution in [0.5, 0.6) is 0 Å². The number of benzene rings is 2. The van der Waals surface area contributed by atoms with Crippen molar-refractivity contribution in [2.75, 3.05) is 37.6 Å². The van der Waals surface area contributed by atoms with Gasteiger partial charge in [-0.1, -0.05) is 41.4 Å². The average Bonchev–Trinajstić information content (AvgIpc) is 3.53. The zero-order valence-corrected chi connectivity index (χ0v) is 17.5. The number of rotatable bonds is 5. The fourth-order valence-corrected chi connectivity index (χ4v) is 4.28. The first-order valence-electron chi connectivity index (χ1n) is 9.83. The number of nitrogens with one attached hydrogen (secondary N) is 1. The van der Waals surface area contributed by atoms with Crippen LogP contribution < -0.4 is 10.2 Å². The Morgan fingerprint density at radius 1 is 0.966 bits per heavy atom. The van der Waals surface area contributed by atoms with Crippen molar-refractivity contribution in [2.45, 2.75) is 12.3 Å². The Labute approximate surface area is 180 Å². The Bertz CT molecular complexity index is 895. The second-order valence-corrected chi connectivity index (χ2v) is 8.38. The molecule has 2 fully saturated rings. The molecule has 2 unspecified atom stereocenters. The fourth-order valence-electron chi connectivity index (χ4n) is 3.88. The largest absolute Gasteiger partial charge is 0.368 e. The lowest BCUT2D eigenvalue weighted by Crippen LogP contribution is -2.51. The van der Waals surface area contributed by atoms with Crippen molar-refractivity contribution in [3.05, 3.63) is 64.1 Å². The molecule has 7 heteroatoms. The number of carbonyl (C=O) groups excluding carboxylic acids is 2. The van der Waals surface area contributed by atoms with E-state index in [0.29, 0.717) is 23.1 Å². The first-order chi connectivity index (χ1) is 14.0. The zero-order chi connectivity index (χ0) is 20.4. The molecule has 1 heterocycles. The van der Waals surface area contributed by atoms with Gasteiger partial charge in [-0.15, -0.1) is 0 Å². The molecule has 0 bridgehead atoms. The maximum absolute atomic E-state index is 12.5. The van der Waals surface area contributed by atoms with E-state index < -0.39 is 0 Å². The number of anilines is 1. The molecule has 4 rings (SSSR count). The van der Waals surface area contributed by atoms with Crippen LogP contribution in [0.4, 0.5) is 5.69 Å². The van der Waals surface area contributed by atoms with Crippen LogP contribution in [0.1, 0.15) is 17.9 Å². The second-order valence-electron chi connectivity index (χ2n) is 7.53. The molecular weight excluding hydrogens is 409 g/mol. The summed E-state index contributed by atoms with van der Waals surface area (Å²) in [6.07, 6.45) is 0.781. The van der Waals surface area contributed by atoms with Gasteiger partial charge in [0.25, 0.3) is 0 Å². The summed E-state index contributed by atoms with van der Waals surface area (Å²) in [6.45, 7) is 2.86. The molecular formula is C22H23Cl2N3O2. The molecule has 2 atom stereocenters. The van der Waals surface area contributed by atoms with Crippen molar-refractivity contribution in [3.8, 4) is 0 Å². The number of nitrogens with zero attached hydrogens (tertiary/aromatic N) is 2. The molecule has 0 radical (unpaired) electrons. The van der Waals surface area contributed by atoms with Crippen LogP contribution >= 0.6 is 23.2 Å².